The second-order valence-corrected chi connectivity index (χ2v) is 9.19. The van der Waals surface area contributed by atoms with Crippen LogP contribution < -0.4 is 4.57 Å². The summed E-state index contributed by atoms with van der Waals surface area (Å²) in [5.41, 5.74) is 7.94. The number of rotatable bonds is 0. The minimum Gasteiger partial charge on any atom is -0.464 e. The highest BCUT2D eigenvalue weighted by Crippen LogP contribution is 2.53. The minimum absolute atomic E-state index is 0.937. The first-order valence-electron chi connectivity index (χ1n) is 10.1. The molecule has 7 rings (SSSR count). The van der Waals surface area contributed by atoms with E-state index >= 15 is 0 Å². The summed E-state index contributed by atoms with van der Waals surface area (Å²) in [5.74, 6) is 0. The van der Waals surface area contributed by atoms with Gasteiger partial charge in [-0.05, 0) is 37.6 Å². The molecule has 6 aromatic rings. The molecule has 30 heavy (non-hydrogen) atoms. The quantitative estimate of drug-likeness (QED) is 0.252. The van der Waals surface area contributed by atoms with Crippen LogP contribution in [0.2, 0.25) is 0 Å². The van der Waals surface area contributed by atoms with Crippen molar-refractivity contribution in [2.75, 3.05) is 0 Å². The Morgan fingerprint density at radius 1 is 0.867 bits per heavy atom. The molecule has 0 saturated heterocycles. The van der Waals surface area contributed by atoms with Gasteiger partial charge < -0.3 is 8.83 Å². The Labute approximate surface area is 176 Å². The van der Waals surface area contributed by atoms with E-state index < -0.39 is 0 Å². The summed E-state index contributed by atoms with van der Waals surface area (Å²) in [6.07, 6.45) is 3.95. The molecule has 0 spiro atoms. The third kappa shape index (κ3) is 1.86. The standard InChI is InChI=1S/C26H18NO2S/c1-13-15-9-11-28-24(15)14(2)26-21(13)23-22-17(8-10-27(23)3)25-18(12-20(22)30-26)16-6-4-5-7-19(16)29-25/h4-12H,1-3H3/q+1. The number of aryl methyl sites for hydroxylation is 3. The molecular formula is C26H18NO2S+. The lowest BCUT2D eigenvalue weighted by atomic mass is 9.94. The number of aromatic nitrogens is 1. The van der Waals surface area contributed by atoms with Gasteiger partial charge in [-0.15, -0.1) is 0 Å². The summed E-state index contributed by atoms with van der Waals surface area (Å²) in [6.45, 7) is 4.38. The van der Waals surface area contributed by atoms with E-state index in [-0.39, 0.29) is 0 Å². The summed E-state index contributed by atoms with van der Waals surface area (Å²) in [7, 11) is 2.13. The summed E-state index contributed by atoms with van der Waals surface area (Å²) in [4.78, 5) is 2.56. The van der Waals surface area contributed by atoms with Crippen molar-refractivity contribution in [1.82, 2.24) is 0 Å². The van der Waals surface area contributed by atoms with Gasteiger partial charge in [-0.2, -0.15) is 0 Å². The number of fused-ring (bicyclic) bond motifs is 7. The third-order valence-corrected chi connectivity index (χ3v) is 7.78. The number of para-hydroxylation sites is 1. The van der Waals surface area contributed by atoms with E-state index in [2.05, 4.69) is 68.1 Å². The topological polar surface area (TPSA) is 30.2 Å². The molecular weight excluding hydrogens is 390 g/mol. The molecule has 0 N–H and O–H groups in total. The van der Waals surface area contributed by atoms with Gasteiger partial charge in [0.1, 0.15) is 23.8 Å². The molecule has 0 atom stereocenters. The van der Waals surface area contributed by atoms with Gasteiger partial charge in [0, 0.05) is 43.0 Å². The molecule has 4 heteroatoms. The van der Waals surface area contributed by atoms with Crippen LogP contribution in [-0.4, -0.2) is 0 Å². The van der Waals surface area contributed by atoms with E-state index in [4.69, 9.17) is 8.83 Å². The minimum atomic E-state index is 0.937. The fourth-order valence-electron chi connectivity index (χ4n) is 5.09. The molecule has 1 aliphatic rings. The maximum atomic E-state index is 6.35. The zero-order chi connectivity index (χ0) is 20.1. The zero-order valence-electron chi connectivity index (χ0n) is 16.9. The van der Waals surface area contributed by atoms with E-state index in [0.29, 0.717) is 0 Å². The number of hydrogen-bond donors (Lipinski definition) is 0. The average Bonchev–Trinajstić information content (AvgIpc) is 3.39. The van der Waals surface area contributed by atoms with Gasteiger partial charge in [-0.1, -0.05) is 30.0 Å². The summed E-state index contributed by atoms with van der Waals surface area (Å²) in [5, 5.41) is 5.99. The molecule has 0 bridgehead atoms. The lowest BCUT2D eigenvalue weighted by Gasteiger charge is -2.22. The van der Waals surface area contributed by atoms with Crippen molar-refractivity contribution < 1.29 is 13.4 Å². The van der Waals surface area contributed by atoms with Crippen LogP contribution >= 0.6 is 11.8 Å². The first-order chi connectivity index (χ1) is 14.6. The SMILES string of the molecule is Cc1c2c(c(C)c3occc13)Sc1cc3c4ccccc4oc3c3cc[n+](C)c-2c13. The van der Waals surface area contributed by atoms with Crippen LogP contribution in [0.5, 0.6) is 0 Å². The van der Waals surface area contributed by atoms with Gasteiger partial charge in [0.05, 0.1) is 17.2 Å². The fraction of sp³-hybridized carbons (Fsp3) is 0.115. The van der Waals surface area contributed by atoms with Crippen LogP contribution in [0.1, 0.15) is 11.1 Å². The molecule has 3 nitrogen and oxygen atoms in total. The van der Waals surface area contributed by atoms with E-state index in [0.717, 1.165) is 16.7 Å². The van der Waals surface area contributed by atoms with Crippen LogP contribution in [-0.2, 0) is 7.05 Å². The Hall–Kier alpha value is -3.24. The van der Waals surface area contributed by atoms with Crippen molar-refractivity contribution in [3.8, 4) is 11.3 Å². The molecule has 0 saturated carbocycles. The number of furan rings is 2. The van der Waals surface area contributed by atoms with Gasteiger partial charge in [0.2, 0.25) is 5.69 Å². The Morgan fingerprint density at radius 2 is 1.73 bits per heavy atom. The van der Waals surface area contributed by atoms with Crippen molar-refractivity contribution in [3.63, 3.8) is 0 Å². The van der Waals surface area contributed by atoms with E-state index in [1.54, 1.807) is 6.26 Å². The van der Waals surface area contributed by atoms with Gasteiger partial charge in [0.15, 0.2) is 6.20 Å². The predicted molar refractivity (Wildman–Crippen MR) is 121 cm³/mol. The maximum absolute atomic E-state index is 6.35. The Bertz CT molecular complexity index is 1700. The first kappa shape index (κ1) is 16.5. The Kier molecular flexibility index (Phi) is 3.01. The number of nitrogens with zero attached hydrogens (tertiary/aromatic N) is 1. The maximum Gasteiger partial charge on any atom is 0.222 e. The molecule has 0 radical (unpaired) electrons. The molecule has 4 heterocycles. The summed E-state index contributed by atoms with van der Waals surface area (Å²) >= 11 is 1.85. The highest BCUT2D eigenvalue weighted by atomic mass is 32.2. The van der Waals surface area contributed by atoms with Crippen LogP contribution in [0.15, 0.2) is 73.5 Å². The Morgan fingerprint density at radius 3 is 2.63 bits per heavy atom. The Balaban J connectivity index is 1.73. The normalized spacial score (nSPS) is 13.0. The predicted octanol–water partition coefficient (Wildman–Crippen LogP) is 7.06. The molecule has 0 amide bonds. The monoisotopic (exact) mass is 408 g/mol. The van der Waals surface area contributed by atoms with Crippen molar-refractivity contribution in [2.24, 2.45) is 7.05 Å². The molecule has 144 valence electrons. The highest BCUT2D eigenvalue weighted by molar-refractivity contribution is 8.00. The zero-order valence-corrected chi connectivity index (χ0v) is 17.7. The van der Waals surface area contributed by atoms with Gasteiger partial charge in [0.25, 0.3) is 0 Å². The lowest BCUT2D eigenvalue weighted by molar-refractivity contribution is -0.659. The van der Waals surface area contributed by atoms with Crippen LogP contribution in [0, 0.1) is 13.8 Å². The number of hydrogen-bond acceptors (Lipinski definition) is 3. The summed E-state index contributed by atoms with van der Waals surface area (Å²) in [6, 6.07) is 14.9. The first-order valence-corrected chi connectivity index (χ1v) is 10.9. The van der Waals surface area contributed by atoms with Crippen molar-refractivity contribution >= 4 is 55.4 Å². The second-order valence-electron chi connectivity index (χ2n) is 8.13. The van der Waals surface area contributed by atoms with E-state index in [1.807, 2.05) is 17.8 Å². The fourth-order valence-corrected chi connectivity index (χ4v) is 6.40. The van der Waals surface area contributed by atoms with Gasteiger partial charge in [-0.25, -0.2) is 4.57 Å². The van der Waals surface area contributed by atoms with E-state index in [1.165, 1.54) is 59.1 Å². The highest BCUT2D eigenvalue weighted by Gasteiger charge is 2.32. The average molecular weight is 409 g/mol. The van der Waals surface area contributed by atoms with Gasteiger partial charge in [-0.3, -0.25) is 0 Å². The third-order valence-electron chi connectivity index (χ3n) is 6.53. The summed E-state index contributed by atoms with van der Waals surface area (Å²) < 4.78 is 14.5. The van der Waals surface area contributed by atoms with Crippen molar-refractivity contribution in [3.05, 3.63) is 66.1 Å². The van der Waals surface area contributed by atoms with Crippen molar-refractivity contribution in [2.45, 2.75) is 23.6 Å². The molecule has 0 fully saturated rings. The van der Waals surface area contributed by atoms with E-state index in [9.17, 15) is 0 Å². The van der Waals surface area contributed by atoms with Gasteiger partial charge >= 0.3 is 0 Å². The number of pyridine rings is 1. The smallest absolute Gasteiger partial charge is 0.222 e. The molecule has 3 aromatic carbocycles. The van der Waals surface area contributed by atoms with Crippen molar-refractivity contribution in [1.29, 1.82) is 0 Å². The number of benzene rings is 3. The lowest BCUT2D eigenvalue weighted by Crippen LogP contribution is -2.31. The van der Waals surface area contributed by atoms with Crippen LogP contribution in [0.4, 0.5) is 0 Å². The molecule has 1 aliphatic heterocycles. The molecule has 0 unspecified atom stereocenters. The second kappa shape index (κ2) is 5.46. The van der Waals surface area contributed by atoms with Crippen LogP contribution in [0.3, 0.4) is 0 Å². The molecule has 0 aliphatic carbocycles. The largest absolute Gasteiger partial charge is 0.464 e. The molecule has 3 aromatic heterocycles. The van der Waals surface area contributed by atoms with Crippen LogP contribution in [0.25, 0.3) is 54.9 Å².